The lowest BCUT2D eigenvalue weighted by Crippen LogP contribution is -2.44. The summed E-state index contributed by atoms with van der Waals surface area (Å²) in [5.41, 5.74) is 4.49. The van der Waals surface area contributed by atoms with Crippen molar-refractivity contribution in [1.82, 2.24) is 14.5 Å². The first-order valence-corrected chi connectivity index (χ1v) is 15.5. The van der Waals surface area contributed by atoms with Gasteiger partial charge in [-0.3, -0.25) is 9.59 Å². The predicted molar refractivity (Wildman–Crippen MR) is 166 cm³/mol. The van der Waals surface area contributed by atoms with E-state index in [4.69, 9.17) is 0 Å². The molecule has 2 bridgehead atoms. The van der Waals surface area contributed by atoms with E-state index in [1.54, 1.807) is 36.7 Å². The monoisotopic (exact) mass is 583 g/mol. The largest absolute Gasteiger partial charge is 0.369 e. The fourth-order valence-electron chi connectivity index (χ4n) is 6.61. The number of hydrogen-bond donors (Lipinski definition) is 1. The number of anilines is 3. The predicted octanol–water partition coefficient (Wildman–Crippen LogP) is 5.93. The number of nitrogens with one attached hydrogen (secondary N) is 1. The van der Waals surface area contributed by atoms with Crippen LogP contribution >= 0.6 is 11.3 Å². The van der Waals surface area contributed by atoms with Crippen LogP contribution in [0.5, 0.6) is 0 Å². The van der Waals surface area contributed by atoms with Crippen molar-refractivity contribution in [3.05, 3.63) is 91.8 Å². The summed E-state index contributed by atoms with van der Waals surface area (Å²) in [5.74, 6) is 0.911. The minimum atomic E-state index is -0.417. The molecule has 2 aromatic carbocycles. The topological polar surface area (TPSA) is 70.5 Å². The van der Waals surface area contributed by atoms with Gasteiger partial charge in [-0.2, -0.15) is 0 Å². The Hall–Kier alpha value is -3.82. The normalized spacial score (nSPS) is 19.7. The third kappa shape index (κ3) is 5.05. The van der Waals surface area contributed by atoms with Crippen molar-refractivity contribution in [2.45, 2.75) is 37.5 Å². The molecule has 2 atom stereocenters. The van der Waals surface area contributed by atoms with E-state index in [0.717, 1.165) is 42.4 Å². The molecule has 1 saturated carbocycles. The van der Waals surface area contributed by atoms with Crippen LogP contribution in [0.1, 0.15) is 56.8 Å². The van der Waals surface area contributed by atoms with Crippen molar-refractivity contribution < 1.29 is 9.18 Å². The molecular weight excluding hydrogens is 549 g/mol. The van der Waals surface area contributed by atoms with Gasteiger partial charge in [0.25, 0.3) is 5.56 Å². The van der Waals surface area contributed by atoms with Crippen LogP contribution in [0.3, 0.4) is 0 Å². The number of hydrogen-bond acceptors (Lipinski definition) is 7. The number of halogens is 1. The smallest absolute Gasteiger partial charge is 0.293 e. The third-order valence-electron chi connectivity index (χ3n) is 9.07. The van der Waals surface area contributed by atoms with E-state index in [-0.39, 0.29) is 23.6 Å². The molecule has 2 unspecified atom stereocenters. The van der Waals surface area contributed by atoms with Crippen LogP contribution in [0.2, 0.25) is 0 Å². The maximum atomic E-state index is 14.9. The van der Waals surface area contributed by atoms with E-state index in [1.807, 2.05) is 12.1 Å². The SMILES string of the molecule is CN1CCN(c2ccc(Nc3nc(-c4ccc(F)c(CC(=O)c5cc6c(s5)C5CCC6C5)c4)cn(C)c3=O)cc2)CC1. The molecule has 3 aliphatic rings. The van der Waals surface area contributed by atoms with Gasteiger partial charge in [0.15, 0.2) is 11.6 Å². The number of thiophene rings is 1. The molecule has 1 saturated heterocycles. The molecule has 2 fully saturated rings. The summed E-state index contributed by atoms with van der Waals surface area (Å²) in [4.78, 5) is 37.6. The Morgan fingerprint density at radius 3 is 2.55 bits per heavy atom. The Kier molecular flexibility index (Phi) is 6.94. The van der Waals surface area contributed by atoms with E-state index in [9.17, 15) is 14.0 Å². The number of carbonyl (C=O) groups is 1. The van der Waals surface area contributed by atoms with E-state index in [1.165, 1.54) is 40.3 Å². The number of piperazine rings is 1. The minimum absolute atomic E-state index is 0.00900. The van der Waals surface area contributed by atoms with Crippen molar-refractivity contribution in [3.8, 4) is 11.3 Å². The zero-order valence-corrected chi connectivity index (χ0v) is 24.7. The number of Topliss-reactive ketones (excluding diaryl/α,β-unsaturated/α-hetero) is 1. The lowest BCUT2D eigenvalue weighted by atomic mass is 9.98. The van der Waals surface area contributed by atoms with Gasteiger partial charge in [-0.25, -0.2) is 9.37 Å². The maximum Gasteiger partial charge on any atom is 0.293 e. The molecule has 4 aromatic rings. The lowest BCUT2D eigenvalue weighted by molar-refractivity contribution is 0.0995. The Balaban J connectivity index is 1.10. The molecule has 0 spiro atoms. The average Bonchev–Trinajstić information content (AvgIpc) is 3.72. The molecule has 9 heteroatoms. The summed E-state index contributed by atoms with van der Waals surface area (Å²) in [6, 6.07) is 14.8. The molecule has 2 aromatic heterocycles. The molecule has 42 heavy (non-hydrogen) atoms. The van der Waals surface area contributed by atoms with E-state index in [2.05, 4.69) is 45.3 Å². The summed E-state index contributed by atoms with van der Waals surface area (Å²) in [5, 5.41) is 3.17. The number of benzene rings is 2. The van der Waals surface area contributed by atoms with Gasteiger partial charge in [-0.1, -0.05) is 0 Å². The van der Waals surface area contributed by atoms with Gasteiger partial charge in [-0.15, -0.1) is 11.3 Å². The second-order valence-corrected chi connectivity index (χ2v) is 13.0. The fourth-order valence-corrected chi connectivity index (χ4v) is 7.94. The van der Waals surface area contributed by atoms with Crippen molar-refractivity contribution >= 4 is 34.3 Å². The standard InChI is InChI=1S/C33H34FN5O2S/c1-37-11-13-39(14-12-37)25-8-6-24(7-9-25)35-32-33(41)38(2)19-28(36-32)21-5-10-27(34)23(16-21)17-29(40)30-18-26-20-3-4-22(15-20)31(26)42-30/h5-10,16,18-20,22H,3-4,11-15,17H2,1-2H3,(H,35,36). The highest BCUT2D eigenvalue weighted by Crippen LogP contribution is 2.56. The molecule has 1 N–H and O–H groups in total. The number of nitrogens with zero attached hydrogens (tertiary/aromatic N) is 4. The van der Waals surface area contributed by atoms with Crippen LogP contribution in [-0.4, -0.2) is 53.5 Å². The fraction of sp³-hybridized carbons (Fsp3) is 0.364. The van der Waals surface area contributed by atoms with Gasteiger partial charge in [-0.05, 0) is 97.8 Å². The number of rotatable bonds is 7. The average molecular weight is 584 g/mol. The van der Waals surface area contributed by atoms with Crippen molar-refractivity contribution in [2.75, 3.05) is 43.4 Å². The molecule has 216 valence electrons. The van der Waals surface area contributed by atoms with Crippen LogP contribution in [-0.2, 0) is 13.5 Å². The third-order valence-corrected chi connectivity index (χ3v) is 10.4. The lowest BCUT2D eigenvalue weighted by Gasteiger charge is -2.34. The molecule has 7 nitrogen and oxygen atoms in total. The van der Waals surface area contributed by atoms with Crippen LogP contribution in [0.4, 0.5) is 21.6 Å². The Bertz CT molecular complexity index is 1690. The van der Waals surface area contributed by atoms with Crippen molar-refractivity contribution in [3.63, 3.8) is 0 Å². The highest BCUT2D eigenvalue weighted by molar-refractivity contribution is 7.14. The number of likely N-dealkylation sites (N-methyl/N-ethyl adjacent to an activating group) is 1. The highest BCUT2D eigenvalue weighted by atomic mass is 32.1. The first kappa shape index (κ1) is 27.0. The first-order valence-electron chi connectivity index (χ1n) is 14.7. The quantitative estimate of drug-likeness (QED) is 0.272. The van der Waals surface area contributed by atoms with Crippen molar-refractivity contribution in [2.24, 2.45) is 7.05 Å². The van der Waals surface area contributed by atoms with Crippen molar-refractivity contribution in [1.29, 1.82) is 0 Å². The van der Waals surface area contributed by atoms with Gasteiger partial charge in [0.2, 0.25) is 0 Å². The van der Waals surface area contributed by atoms with E-state index >= 15 is 0 Å². The van der Waals surface area contributed by atoms with Gasteiger partial charge >= 0.3 is 0 Å². The summed E-state index contributed by atoms with van der Waals surface area (Å²) < 4.78 is 16.4. The van der Waals surface area contributed by atoms with Crippen LogP contribution < -0.4 is 15.8 Å². The zero-order chi connectivity index (χ0) is 29.0. The van der Waals surface area contributed by atoms with Crippen LogP contribution in [0.15, 0.2) is 59.5 Å². The Labute approximate surface area is 248 Å². The maximum absolute atomic E-state index is 14.9. The summed E-state index contributed by atoms with van der Waals surface area (Å²) >= 11 is 1.60. The number of carbonyl (C=O) groups excluding carboxylic acids is 1. The van der Waals surface area contributed by atoms with Gasteiger partial charge < -0.3 is 19.7 Å². The molecule has 0 radical (unpaired) electrons. The number of ketones is 1. The number of aromatic nitrogens is 2. The van der Waals surface area contributed by atoms with E-state index in [0.29, 0.717) is 28.7 Å². The Morgan fingerprint density at radius 1 is 1.02 bits per heavy atom. The van der Waals surface area contributed by atoms with Crippen LogP contribution in [0, 0.1) is 5.82 Å². The van der Waals surface area contributed by atoms with E-state index < -0.39 is 5.82 Å². The molecular formula is C33H34FN5O2S. The second kappa shape index (κ2) is 10.8. The van der Waals surface area contributed by atoms with Gasteiger partial charge in [0.1, 0.15) is 5.82 Å². The molecule has 7 rings (SSSR count). The first-order chi connectivity index (χ1) is 20.3. The second-order valence-electron chi connectivity index (χ2n) is 11.9. The number of fused-ring (bicyclic) bond motifs is 5. The zero-order valence-electron chi connectivity index (χ0n) is 23.9. The molecule has 1 aliphatic heterocycles. The minimum Gasteiger partial charge on any atom is -0.369 e. The van der Waals surface area contributed by atoms with Gasteiger partial charge in [0, 0.05) is 67.7 Å². The molecule has 3 heterocycles. The van der Waals surface area contributed by atoms with Crippen LogP contribution in [0.25, 0.3) is 11.3 Å². The highest BCUT2D eigenvalue weighted by Gasteiger charge is 2.39. The Morgan fingerprint density at radius 2 is 1.79 bits per heavy atom. The van der Waals surface area contributed by atoms with Gasteiger partial charge in [0.05, 0.1) is 10.6 Å². The summed E-state index contributed by atoms with van der Waals surface area (Å²) in [6.07, 6.45) is 5.28. The molecule has 0 amide bonds. The summed E-state index contributed by atoms with van der Waals surface area (Å²) in [7, 11) is 3.81. The summed E-state index contributed by atoms with van der Waals surface area (Å²) in [6.45, 7) is 4.02. The number of aryl methyl sites for hydroxylation is 1. The molecule has 2 aliphatic carbocycles.